The van der Waals surface area contributed by atoms with E-state index >= 15 is 0 Å². The molecule has 0 aromatic heterocycles. The molecule has 170 valence electrons. The van der Waals surface area contributed by atoms with Crippen molar-refractivity contribution >= 4 is 69.6 Å². The summed E-state index contributed by atoms with van der Waals surface area (Å²) in [5.74, 6) is -3.83. The molecule has 10 heteroatoms. The van der Waals surface area contributed by atoms with Crippen LogP contribution in [0.15, 0.2) is 60.7 Å². The van der Waals surface area contributed by atoms with Gasteiger partial charge in [0, 0.05) is 27.3 Å². The van der Waals surface area contributed by atoms with Crippen molar-refractivity contribution < 1.29 is 18.4 Å². The fourth-order valence-electron chi connectivity index (χ4n) is 3.55. The maximum atomic E-state index is 14.9. The van der Waals surface area contributed by atoms with Crippen molar-refractivity contribution in [3.8, 4) is 0 Å². The van der Waals surface area contributed by atoms with Crippen LogP contribution in [0.25, 0.3) is 0 Å². The molecule has 0 heterocycles. The third-order valence-electron chi connectivity index (χ3n) is 5.16. The van der Waals surface area contributed by atoms with Gasteiger partial charge >= 0.3 is 0 Å². The molecule has 3 unspecified atom stereocenters. The average Bonchev–Trinajstić information content (AvgIpc) is 3.32. The van der Waals surface area contributed by atoms with Gasteiger partial charge in [0.15, 0.2) is 0 Å². The molecule has 2 N–H and O–H groups in total. The van der Waals surface area contributed by atoms with E-state index in [0.29, 0.717) is 21.3 Å². The maximum Gasteiger partial charge on any atom is 0.257 e. The largest absolute Gasteiger partial charge is 0.326 e. The fraction of sp³-hybridized carbons (Fsp3) is 0.130. The molecule has 3 atom stereocenters. The number of nitrogens with one attached hydrogen (secondary N) is 2. The SMILES string of the molecule is O=C(Nc1ccc(F)cc1)c1cc(NC(=O)C2C(c3cc(Cl)cc(Cl)c3)C2(F)Cl)ccc1Cl. The van der Waals surface area contributed by atoms with Crippen LogP contribution in [0.3, 0.4) is 0 Å². The van der Waals surface area contributed by atoms with Gasteiger partial charge in [0.2, 0.25) is 11.0 Å². The first-order chi connectivity index (χ1) is 15.6. The van der Waals surface area contributed by atoms with E-state index in [1.807, 2.05) is 0 Å². The first kappa shape index (κ1) is 23.8. The Balaban J connectivity index is 1.50. The molecular weight excluding hydrogens is 516 g/mol. The summed E-state index contributed by atoms with van der Waals surface area (Å²) in [4.78, 5) is 25.4. The molecule has 3 aromatic carbocycles. The second-order valence-electron chi connectivity index (χ2n) is 7.48. The third-order valence-corrected chi connectivity index (χ3v) is 6.40. The minimum absolute atomic E-state index is 0.0603. The lowest BCUT2D eigenvalue weighted by molar-refractivity contribution is -0.117. The molecule has 0 bridgehead atoms. The molecule has 4 rings (SSSR count). The van der Waals surface area contributed by atoms with Crippen LogP contribution in [-0.4, -0.2) is 16.9 Å². The van der Waals surface area contributed by atoms with E-state index in [-0.39, 0.29) is 16.3 Å². The molecule has 1 saturated carbocycles. The summed E-state index contributed by atoms with van der Waals surface area (Å²) in [5, 5.41) is 3.56. The zero-order valence-corrected chi connectivity index (χ0v) is 19.5. The Morgan fingerprint density at radius 3 is 2.09 bits per heavy atom. The summed E-state index contributed by atoms with van der Waals surface area (Å²) in [6.45, 7) is 0. The summed E-state index contributed by atoms with van der Waals surface area (Å²) in [5.41, 5.74) is 1.04. The van der Waals surface area contributed by atoms with Crippen LogP contribution in [0, 0.1) is 11.7 Å². The lowest BCUT2D eigenvalue weighted by Crippen LogP contribution is -2.18. The average molecular weight is 530 g/mol. The Hall–Kier alpha value is -2.38. The number of rotatable bonds is 5. The predicted octanol–water partition coefficient (Wildman–Crippen LogP) is 7.29. The van der Waals surface area contributed by atoms with Gasteiger partial charge in [0.25, 0.3) is 5.91 Å². The van der Waals surface area contributed by atoms with Crippen molar-refractivity contribution in [3.63, 3.8) is 0 Å². The standard InChI is InChI=1S/C23H14Cl4F2N2O2/c24-12-7-11(8-13(25)9-12)19-20(23(19,27)29)22(33)31-16-5-6-18(26)17(10-16)21(32)30-15-3-1-14(28)2-4-15/h1-10,19-20H,(H,30,32)(H,31,33). The highest BCUT2D eigenvalue weighted by Crippen LogP contribution is 2.63. The van der Waals surface area contributed by atoms with Crippen LogP contribution in [0.4, 0.5) is 20.2 Å². The van der Waals surface area contributed by atoms with E-state index in [0.717, 1.165) is 0 Å². The lowest BCUT2D eigenvalue weighted by Gasteiger charge is -2.10. The minimum Gasteiger partial charge on any atom is -0.326 e. The van der Waals surface area contributed by atoms with E-state index in [4.69, 9.17) is 46.4 Å². The number of hydrogen-bond acceptors (Lipinski definition) is 2. The van der Waals surface area contributed by atoms with E-state index in [2.05, 4.69) is 10.6 Å². The molecule has 0 aliphatic heterocycles. The summed E-state index contributed by atoms with van der Waals surface area (Å²) in [6, 6.07) is 13.9. The molecule has 3 aromatic rings. The van der Waals surface area contributed by atoms with Crippen molar-refractivity contribution in [2.75, 3.05) is 10.6 Å². The maximum absolute atomic E-state index is 14.9. The Morgan fingerprint density at radius 2 is 1.45 bits per heavy atom. The number of anilines is 2. The zero-order chi connectivity index (χ0) is 23.9. The van der Waals surface area contributed by atoms with Gasteiger partial charge in [-0.2, -0.15) is 0 Å². The Morgan fingerprint density at radius 1 is 0.848 bits per heavy atom. The molecule has 0 spiro atoms. The zero-order valence-electron chi connectivity index (χ0n) is 16.5. The molecule has 4 nitrogen and oxygen atoms in total. The Labute approximate surface area is 207 Å². The van der Waals surface area contributed by atoms with Crippen molar-refractivity contribution in [1.82, 2.24) is 0 Å². The summed E-state index contributed by atoms with van der Waals surface area (Å²) in [7, 11) is 0. The Bertz CT molecular complexity index is 1230. The fourth-order valence-corrected chi connectivity index (χ4v) is 4.71. The van der Waals surface area contributed by atoms with Gasteiger partial charge in [-0.3, -0.25) is 9.59 Å². The quantitative estimate of drug-likeness (QED) is 0.341. The van der Waals surface area contributed by atoms with Gasteiger partial charge in [-0.05, 0) is 66.2 Å². The lowest BCUT2D eigenvalue weighted by atomic mass is 10.1. The summed E-state index contributed by atoms with van der Waals surface area (Å²) >= 11 is 24.0. The number of amides is 2. The number of alkyl halides is 2. The molecule has 0 saturated heterocycles. The highest BCUT2D eigenvalue weighted by molar-refractivity contribution is 6.35. The van der Waals surface area contributed by atoms with Gasteiger partial charge < -0.3 is 10.6 Å². The predicted molar refractivity (Wildman–Crippen MR) is 127 cm³/mol. The molecular formula is C23H14Cl4F2N2O2. The number of halogens is 6. The second kappa shape index (κ2) is 9.11. The van der Waals surface area contributed by atoms with E-state index in [1.54, 1.807) is 0 Å². The summed E-state index contributed by atoms with van der Waals surface area (Å²) < 4.78 is 27.9. The van der Waals surface area contributed by atoms with Crippen LogP contribution < -0.4 is 10.6 Å². The van der Waals surface area contributed by atoms with Crippen LogP contribution in [0.1, 0.15) is 21.8 Å². The van der Waals surface area contributed by atoms with Crippen molar-refractivity contribution in [1.29, 1.82) is 0 Å². The number of carbonyl (C=O) groups is 2. The van der Waals surface area contributed by atoms with Crippen molar-refractivity contribution in [3.05, 3.63) is 92.7 Å². The smallest absolute Gasteiger partial charge is 0.257 e. The van der Waals surface area contributed by atoms with E-state index in [1.165, 1.54) is 60.7 Å². The van der Waals surface area contributed by atoms with Crippen LogP contribution >= 0.6 is 46.4 Å². The van der Waals surface area contributed by atoms with Gasteiger partial charge in [-0.25, -0.2) is 8.78 Å². The number of hydrogen-bond donors (Lipinski definition) is 2. The minimum atomic E-state index is -2.31. The molecule has 1 fully saturated rings. The molecule has 1 aliphatic carbocycles. The monoisotopic (exact) mass is 528 g/mol. The molecule has 2 amide bonds. The highest BCUT2D eigenvalue weighted by atomic mass is 35.5. The normalized spacial score (nSPS) is 21.4. The van der Waals surface area contributed by atoms with Gasteiger partial charge in [-0.1, -0.05) is 46.4 Å². The molecule has 33 heavy (non-hydrogen) atoms. The van der Waals surface area contributed by atoms with E-state index in [9.17, 15) is 18.4 Å². The molecule has 1 aliphatic rings. The first-order valence-electron chi connectivity index (χ1n) is 9.57. The van der Waals surface area contributed by atoms with Crippen molar-refractivity contribution in [2.45, 2.75) is 11.0 Å². The van der Waals surface area contributed by atoms with Gasteiger partial charge in [-0.15, -0.1) is 0 Å². The van der Waals surface area contributed by atoms with Gasteiger partial charge in [0.1, 0.15) is 5.82 Å². The van der Waals surface area contributed by atoms with Gasteiger partial charge in [0.05, 0.1) is 16.5 Å². The highest BCUT2D eigenvalue weighted by Gasteiger charge is 2.70. The summed E-state index contributed by atoms with van der Waals surface area (Å²) in [6.07, 6.45) is 0. The van der Waals surface area contributed by atoms with Crippen LogP contribution in [-0.2, 0) is 4.79 Å². The third kappa shape index (κ3) is 5.09. The second-order valence-corrected chi connectivity index (χ2v) is 9.34. The molecule has 0 radical (unpaired) electrons. The van der Waals surface area contributed by atoms with Crippen LogP contribution in [0.2, 0.25) is 15.1 Å². The first-order valence-corrected chi connectivity index (χ1v) is 11.1. The topological polar surface area (TPSA) is 58.2 Å². The Kier molecular flexibility index (Phi) is 6.56. The number of benzene rings is 3. The van der Waals surface area contributed by atoms with Crippen LogP contribution in [0.5, 0.6) is 0 Å². The number of carbonyl (C=O) groups excluding carboxylic acids is 2. The van der Waals surface area contributed by atoms with Crippen molar-refractivity contribution in [2.24, 2.45) is 5.92 Å². The van der Waals surface area contributed by atoms with E-state index < -0.39 is 34.6 Å².